The first kappa shape index (κ1) is 11.8. The van der Waals surface area contributed by atoms with Crippen molar-refractivity contribution in [2.24, 2.45) is 0 Å². The van der Waals surface area contributed by atoms with E-state index >= 15 is 0 Å². The van der Waals surface area contributed by atoms with Crippen LogP contribution in [0.15, 0.2) is 18.2 Å². The number of carbonyl (C=O) groups excluding carboxylic acids is 1. The fourth-order valence-electron chi connectivity index (χ4n) is 2.44. The van der Waals surface area contributed by atoms with Gasteiger partial charge < -0.3 is 15.4 Å². The molecule has 0 bridgehead atoms. The van der Waals surface area contributed by atoms with Crippen molar-refractivity contribution in [1.29, 1.82) is 0 Å². The Morgan fingerprint density at radius 3 is 3.00 bits per heavy atom. The topological polar surface area (TPSA) is 55.6 Å². The zero-order valence-corrected chi connectivity index (χ0v) is 10.1. The van der Waals surface area contributed by atoms with Gasteiger partial charge in [-0.2, -0.15) is 0 Å². The van der Waals surface area contributed by atoms with E-state index in [-0.39, 0.29) is 6.04 Å². The van der Waals surface area contributed by atoms with Crippen molar-refractivity contribution in [3.05, 3.63) is 23.8 Å². The highest BCUT2D eigenvalue weighted by Gasteiger charge is 2.25. The molecule has 1 heterocycles. The number of anilines is 1. The molecule has 92 valence electrons. The Bertz CT molecular complexity index is 406. The Kier molecular flexibility index (Phi) is 3.52. The fourth-order valence-corrected chi connectivity index (χ4v) is 2.44. The Morgan fingerprint density at radius 1 is 1.47 bits per heavy atom. The van der Waals surface area contributed by atoms with E-state index in [0.717, 1.165) is 37.8 Å². The monoisotopic (exact) mass is 234 g/mol. The van der Waals surface area contributed by atoms with Crippen LogP contribution < -0.4 is 10.5 Å². The van der Waals surface area contributed by atoms with Crippen LogP contribution in [0.1, 0.15) is 30.9 Å². The van der Waals surface area contributed by atoms with E-state index in [1.807, 2.05) is 23.1 Å². The zero-order valence-electron chi connectivity index (χ0n) is 10.1. The first-order valence-corrected chi connectivity index (χ1v) is 5.91. The van der Waals surface area contributed by atoms with Crippen molar-refractivity contribution in [2.75, 3.05) is 19.4 Å². The summed E-state index contributed by atoms with van der Waals surface area (Å²) in [6.07, 6.45) is 4.09. The summed E-state index contributed by atoms with van der Waals surface area (Å²) in [4.78, 5) is 12.9. The molecule has 1 unspecified atom stereocenters. The third-order valence-corrected chi connectivity index (χ3v) is 3.36. The van der Waals surface area contributed by atoms with Crippen LogP contribution in [-0.4, -0.2) is 25.0 Å². The first-order chi connectivity index (χ1) is 8.27. The van der Waals surface area contributed by atoms with Crippen molar-refractivity contribution in [2.45, 2.75) is 25.3 Å². The Morgan fingerprint density at radius 2 is 2.29 bits per heavy atom. The quantitative estimate of drug-likeness (QED) is 0.642. The average Bonchev–Trinajstić information content (AvgIpc) is 2.39. The van der Waals surface area contributed by atoms with E-state index in [4.69, 9.17) is 10.5 Å². The highest BCUT2D eigenvalue weighted by Crippen LogP contribution is 2.36. The summed E-state index contributed by atoms with van der Waals surface area (Å²) in [7, 11) is 1.60. The van der Waals surface area contributed by atoms with Gasteiger partial charge in [0, 0.05) is 12.1 Å². The highest BCUT2D eigenvalue weighted by molar-refractivity contribution is 5.61. The van der Waals surface area contributed by atoms with Gasteiger partial charge in [-0.1, -0.05) is 12.1 Å². The molecule has 0 saturated carbocycles. The smallest absolute Gasteiger partial charge is 0.210 e. The lowest BCUT2D eigenvalue weighted by Crippen LogP contribution is -2.32. The van der Waals surface area contributed by atoms with Crippen LogP contribution in [0.2, 0.25) is 0 Å². The Hall–Kier alpha value is -1.71. The minimum Gasteiger partial charge on any atom is -0.495 e. The van der Waals surface area contributed by atoms with E-state index in [0.29, 0.717) is 11.4 Å². The van der Waals surface area contributed by atoms with E-state index in [1.165, 1.54) is 0 Å². The van der Waals surface area contributed by atoms with Gasteiger partial charge in [0.2, 0.25) is 6.41 Å². The molecule has 1 aromatic rings. The lowest BCUT2D eigenvalue weighted by molar-refractivity contribution is -0.121. The zero-order chi connectivity index (χ0) is 12.3. The van der Waals surface area contributed by atoms with Gasteiger partial charge in [-0.25, -0.2) is 0 Å². The maximum absolute atomic E-state index is 11.1. The molecule has 1 amide bonds. The van der Waals surface area contributed by atoms with Gasteiger partial charge in [0.05, 0.1) is 18.8 Å². The molecule has 4 heteroatoms. The molecule has 1 fully saturated rings. The maximum atomic E-state index is 11.1. The lowest BCUT2D eigenvalue weighted by Gasteiger charge is -2.33. The number of nitrogens with zero attached hydrogens (tertiary/aromatic N) is 1. The van der Waals surface area contributed by atoms with Crippen molar-refractivity contribution in [3.63, 3.8) is 0 Å². The molecule has 4 nitrogen and oxygen atoms in total. The minimum atomic E-state index is 0.0938. The summed E-state index contributed by atoms with van der Waals surface area (Å²) in [5.74, 6) is 0.680. The van der Waals surface area contributed by atoms with Gasteiger partial charge in [-0.15, -0.1) is 0 Å². The SMILES string of the molecule is COc1cccc(C2CCCCN2C=O)c1N. The number of hydrogen-bond acceptors (Lipinski definition) is 3. The molecule has 17 heavy (non-hydrogen) atoms. The molecule has 1 atom stereocenters. The van der Waals surface area contributed by atoms with Crippen molar-refractivity contribution >= 4 is 12.1 Å². The van der Waals surface area contributed by atoms with Crippen LogP contribution in [0.25, 0.3) is 0 Å². The van der Waals surface area contributed by atoms with Crippen LogP contribution in [0, 0.1) is 0 Å². The molecule has 0 radical (unpaired) electrons. The van der Waals surface area contributed by atoms with Gasteiger partial charge in [-0.05, 0) is 25.3 Å². The minimum absolute atomic E-state index is 0.0938. The number of hydrogen-bond donors (Lipinski definition) is 1. The van der Waals surface area contributed by atoms with Crippen LogP contribution in [0.4, 0.5) is 5.69 Å². The number of ether oxygens (including phenoxy) is 1. The molecule has 0 spiro atoms. The predicted octanol–water partition coefficient (Wildman–Crippen LogP) is 1.96. The molecular formula is C13H18N2O2. The van der Waals surface area contributed by atoms with Crippen molar-refractivity contribution < 1.29 is 9.53 Å². The second kappa shape index (κ2) is 5.08. The number of amides is 1. The van der Waals surface area contributed by atoms with Gasteiger partial charge in [0.15, 0.2) is 0 Å². The summed E-state index contributed by atoms with van der Waals surface area (Å²) in [6.45, 7) is 0.810. The lowest BCUT2D eigenvalue weighted by atomic mass is 9.94. The maximum Gasteiger partial charge on any atom is 0.210 e. The molecule has 1 saturated heterocycles. The van der Waals surface area contributed by atoms with E-state index in [1.54, 1.807) is 7.11 Å². The third-order valence-electron chi connectivity index (χ3n) is 3.36. The largest absolute Gasteiger partial charge is 0.495 e. The number of likely N-dealkylation sites (tertiary alicyclic amines) is 1. The van der Waals surface area contributed by atoms with Crippen LogP contribution in [0.5, 0.6) is 5.75 Å². The van der Waals surface area contributed by atoms with Gasteiger partial charge in [0.25, 0.3) is 0 Å². The molecular weight excluding hydrogens is 216 g/mol. The molecule has 1 aliphatic heterocycles. The predicted molar refractivity (Wildman–Crippen MR) is 66.8 cm³/mol. The highest BCUT2D eigenvalue weighted by atomic mass is 16.5. The number of nitrogen functional groups attached to an aromatic ring is 1. The number of para-hydroxylation sites is 1. The van der Waals surface area contributed by atoms with Crippen molar-refractivity contribution in [1.82, 2.24) is 4.90 Å². The second-order valence-electron chi connectivity index (χ2n) is 4.32. The third kappa shape index (κ3) is 2.20. The molecule has 2 N–H and O–H groups in total. The van der Waals surface area contributed by atoms with E-state index in [9.17, 15) is 4.79 Å². The second-order valence-corrected chi connectivity index (χ2v) is 4.32. The van der Waals surface area contributed by atoms with Crippen molar-refractivity contribution in [3.8, 4) is 5.75 Å². The van der Waals surface area contributed by atoms with Gasteiger partial charge in [0.1, 0.15) is 5.75 Å². The first-order valence-electron chi connectivity index (χ1n) is 5.91. The summed E-state index contributed by atoms with van der Waals surface area (Å²) in [5, 5.41) is 0. The van der Waals surface area contributed by atoms with Crippen LogP contribution >= 0.6 is 0 Å². The normalized spacial score (nSPS) is 20.1. The summed E-state index contributed by atoms with van der Waals surface area (Å²) < 4.78 is 5.21. The van der Waals surface area contributed by atoms with Crippen LogP contribution in [0.3, 0.4) is 0 Å². The summed E-state index contributed by atoms with van der Waals surface area (Å²) in [6, 6.07) is 5.83. The standard InChI is InChI=1S/C13H18N2O2/c1-17-12-7-4-5-10(13(12)14)11-6-2-3-8-15(11)9-16/h4-5,7,9,11H,2-3,6,8,14H2,1H3. The molecule has 1 aliphatic rings. The number of carbonyl (C=O) groups is 1. The van der Waals surface area contributed by atoms with E-state index in [2.05, 4.69) is 0 Å². The number of benzene rings is 1. The number of methoxy groups -OCH3 is 1. The summed E-state index contributed by atoms with van der Waals surface area (Å²) in [5.41, 5.74) is 7.72. The van der Waals surface area contributed by atoms with E-state index < -0.39 is 0 Å². The number of nitrogens with two attached hydrogens (primary N) is 1. The number of piperidine rings is 1. The number of rotatable bonds is 3. The molecule has 2 rings (SSSR count). The Labute approximate surface area is 101 Å². The fraction of sp³-hybridized carbons (Fsp3) is 0.462. The molecule has 1 aromatic carbocycles. The van der Waals surface area contributed by atoms with Crippen LogP contribution in [-0.2, 0) is 4.79 Å². The molecule has 0 aromatic heterocycles. The summed E-state index contributed by atoms with van der Waals surface area (Å²) >= 11 is 0. The average molecular weight is 234 g/mol. The van der Waals surface area contributed by atoms with Gasteiger partial charge >= 0.3 is 0 Å². The van der Waals surface area contributed by atoms with Gasteiger partial charge in [-0.3, -0.25) is 4.79 Å². The Balaban J connectivity index is 2.34. The molecule has 0 aliphatic carbocycles.